The highest BCUT2D eigenvalue weighted by atomic mass is 16.6. The van der Waals surface area contributed by atoms with Crippen LogP contribution in [0.1, 0.15) is 32.9 Å². The zero-order valence-corrected chi connectivity index (χ0v) is 22.9. The summed E-state index contributed by atoms with van der Waals surface area (Å²) < 4.78 is 16.6. The predicted molar refractivity (Wildman–Crippen MR) is 148 cm³/mol. The Morgan fingerprint density at radius 3 is 2.42 bits per heavy atom. The van der Waals surface area contributed by atoms with Gasteiger partial charge in [-0.1, -0.05) is 5.73 Å². The monoisotopic (exact) mass is 516 g/mol. The van der Waals surface area contributed by atoms with Crippen molar-refractivity contribution in [3.05, 3.63) is 59.3 Å². The molecular formula is C30H36N4O4. The van der Waals surface area contributed by atoms with E-state index in [0.717, 1.165) is 71.9 Å². The van der Waals surface area contributed by atoms with Crippen molar-refractivity contribution in [2.45, 2.75) is 38.9 Å². The quantitative estimate of drug-likeness (QED) is 0.538. The molecule has 1 aliphatic carbocycles. The van der Waals surface area contributed by atoms with Crippen molar-refractivity contribution in [1.82, 2.24) is 14.8 Å². The highest BCUT2D eigenvalue weighted by Crippen LogP contribution is 2.34. The lowest BCUT2D eigenvalue weighted by Crippen LogP contribution is -2.49. The molecule has 2 saturated heterocycles. The number of benzene rings is 1. The summed E-state index contributed by atoms with van der Waals surface area (Å²) in [6.45, 7) is 10.1. The van der Waals surface area contributed by atoms with Crippen molar-refractivity contribution in [2.24, 2.45) is 0 Å². The smallest absolute Gasteiger partial charge is 0.410 e. The van der Waals surface area contributed by atoms with Gasteiger partial charge >= 0.3 is 6.09 Å². The molecule has 0 radical (unpaired) electrons. The van der Waals surface area contributed by atoms with Gasteiger partial charge in [-0.05, 0) is 63.3 Å². The number of carbonyl (C=O) groups excluding carboxylic acids is 1. The number of amides is 1. The Morgan fingerprint density at radius 1 is 1.00 bits per heavy atom. The number of rotatable bonds is 5. The molecule has 1 aromatic heterocycles. The molecule has 3 aliphatic rings. The Kier molecular flexibility index (Phi) is 7.22. The van der Waals surface area contributed by atoms with Gasteiger partial charge in [0, 0.05) is 63.5 Å². The summed E-state index contributed by atoms with van der Waals surface area (Å²) >= 11 is 0. The number of nitrogens with zero attached hydrogens (tertiary/aromatic N) is 4. The van der Waals surface area contributed by atoms with Crippen molar-refractivity contribution >= 4 is 28.3 Å². The number of anilines is 1. The summed E-state index contributed by atoms with van der Waals surface area (Å²) in [6.07, 6.45) is 5.08. The summed E-state index contributed by atoms with van der Waals surface area (Å²) in [5.74, 6) is 0.778. The van der Waals surface area contributed by atoms with Crippen LogP contribution in [0, 0.1) is 0 Å². The van der Waals surface area contributed by atoms with E-state index >= 15 is 0 Å². The number of hydrogen-bond donors (Lipinski definition) is 0. The van der Waals surface area contributed by atoms with Gasteiger partial charge in [0.05, 0.1) is 35.7 Å². The molecule has 2 aromatic rings. The Bertz CT molecular complexity index is 1350. The Morgan fingerprint density at radius 2 is 1.79 bits per heavy atom. The molecule has 8 heteroatoms. The molecule has 5 rings (SSSR count). The number of fused-ring (bicyclic) bond motifs is 1. The van der Waals surface area contributed by atoms with Gasteiger partial charge in [0.1, 0.15) is 11.4 Å². The van der Waals surface area contributed by atoms with Crippen LogP contribution in [0.4, 0.5) is 10.5 Å². The lowest BCUT2D eigenvalue weighted by Gasteiger charge is -2.36. The van der Waals surface area contributed by atoms with Gasteiger partial charge in [0.25, 0.3) is 0 Å². The molecule has 1 atom stereocenters. The van der Waals surface area contributed by atoms with Crippen LogP contribution < -0.4 is 9.64 Å². The van der Waals surface area contributed by atoms with E-state index in [0.29, 0.717) is 13.1 Å². The first-order valence-electron chi connectivity index (χ1n) is 13.2. The third kappa shape index (κ3) is 5.58. The molecule has 38 heavy (non-hydrogen) atoms. The first-order valence-corrected chi connectivity index (χ1v) is 13.2. The Balaban J connectivity index is 1.40. The van der Waals surface area contributed by atoms with E-state index in [9.17, 15) is 4.79 Å². The number of carbonyl (C=O) groups is 1. The molecule has 3 heterocycles. The van der Waals surface area contributed by atoms with Crippen LogP contribution in [0.15, 0.2) is 53.6 Å². The minimum Gasteiger partial charge on any atom is -0.497 e. The number of ether oxygens (including phenoxy) is 3. The fourth-order valence-corrected chi connectivity index (χ4v) is 5.02. The maximum atomic E-state index is 12.4. The van der Waals surface area contributed by atoms with Crippen molar-refractivity contribution < 1.29 is 19.0 Å². The standard InChI is InChI=1S/C30H36N4O4/c1-30(2,3)38-29(35)33-16-14-32(15-17-33)22-8-6-21(7-9-22)26-19-28(34-13-12-24(20-34)37-5)25-11-10-23(36-4)18-27(25)31-26/h6,8,10-11,18-19,24H,12-17,20H2,1-5H3. The second-order valence-corrected chi connectivity index (χ2v) is 10.8. The summed E-state index contributed by atoms with van der Waals surface area (Å²) in [5, 5.41) is 1.09. The van der Waals surface area contributed by atoms with Gasteiger partial charge in [-0.3, -0.25) is 0 Å². The molecule has 1 unspecified atom stereocenters. The Labute approximate surface area is 224 Å². The summed E-state index contributed by atoms with van der Waals surface area (Å²) in [6, 6.07) is 8.19. The fraction of sp³-hybridized carbons (Fsp3) is 0.467. The average Bonchev–Trinajstić information content (AvgIpc) is 3.40. The summed E-state index contributed by atoms with van der Waals surface area (Å²) in [7, 11) is 3.45. The van der Waals surface area contributed by atoms with E-state index < -0.39 is 5.60 Å². The number of methoxy groups -OCH3 is 2. The van der Waals surface area contributed by atoms with Gasteiger partial charge in [-0.2, -0.15) is 0 Å². The lowest BCUT2D eigenvalue weighted by atomic mass is 10.1. The normalized spacial score (nSPS) is 19.6. The Hall–Kier alpha value is -3.70. The zero-order chi connectivity index (χ0) is 26.9. The van der Waals surface area contributed by atoms with Crippen LogP contribution in [0.2, 0.25) is 0 Å². The lowest BCUT2D eigenvalue weighted by molar-refractivity contribution is 0.0171. The maximum absolute atomic E-state index is 12.4. The molecule has 0 bridgehead atoms. The van der Waals surface area contributed by atoms with Crippen LogP contribution in [-0.2, 0) is 9.47 Å². The topological polar surface area (TPSA) is 67.4 Å². The highest BCUT2D eigenvalue weighted by Gasteiger charge is 2.27. The van der Waals surface area contributed by atoms with Crippen LogP contribution in [-0.4, -0.2) is 86.1 Å². The molecular weight excluding hydrogens is 480 g/mol. The molecule has 2 aliphatic heterocycles. The van der Waals surface area contributed by atoms with Crippen molar-refractivity contribution in [3.63, 3.8) is 0 Å². The first-order chi connectivity index (χ1) is 18.2. The molecule has 0 spiro atoms. The number of pyridine rings is 1. The van der Waals surface area contributed by atoms with Crippen LogP contribution in [0.25, 0.3) is 16.5 Å². The number of allylic oxidation sites excluding steroid dienone is 3. The molecule has 2 fully saturated rings. The molecule has 0 saturated carbocycles. The maximum Gasteiger partial charge on any atom is 0.410 e. The number of piperazine rings is 1. The van der Waals surface area contributed by atoms with E-state index in [-0.39, 0.29) is 12.2 Å². The second-order valence-electron chi connectivity index (χ2n) is 10.8. The molecule has 1 amide bonds. The van der Waals surface area contributed by atoms with Gasteiger partial charge in [0.2, 0.25) is 0 Å². The number of aromatic nitrogens is 1. The van der Waals surface area contributed by atoms with Gasteiger partial charge in [-0.15, -0.1) is 0 Å². The summed E-state index contributed by atoms with van der Waals surface area (Å²) in [5.41, 5.74) is 10.9. The number of hydrogen-bond acceptors (Lipinski definition) is 7. The minimum atomic E-state index is -0.491. The fourth-order valence-electron chi connectivity index (χ4n) is 5.02. The molecule has 8 nitrogen and oxygen atoms in total. The first kappa shape index (κ1) is 25.9. The van der Waals surface area contributed by atoms with E-state index in [1.807, 2.05) is 39.0 Å². The highest BCUT2D eigenvalue weighted by molar-refractivity contribution is 5.95. The minimum absolute atomic E-state index is 0.231. The second kappa shape index (κ2) is 10.6. The van der Waals surface area contributed by atoms with Gasteiger partial charge in [-0.25, -0.2) is 9.78 Å². The van der Waals surface area contributed by atoms with E-state index in [2.05, 4.69) is 39.5 Å². The van der Waals surface area contributed by atoms with Crippen LogP contribution in [0.5, 0.6) is 5.75 Å². The van der Waals surface area contributed by atoms with Crippen LogP contribution >= 0.6 is 0 Å². The van der Waals surface area contributed by atoms with E-state index in [1.165, 1.54) is 0 Å². The molecule has 0 N–H and O–H groups in total. The van der Waals surface area contributed by atoms with E-state index in [4.69, 9.17) is 19.2 Å². The third-order valence-electron chi connectivity index (χ3n) is 7.10. The van der Waals surface area contributed by atoms with Crippen molar-refractivity contribution in [1.29, 1.82) is 0 Å². The SMILES string of the molecule is COc1ccc2c(N3CCC(OC)C3)cc(C3=C=C=C(N4CCN(C(=O)OC(C)(C)C)CC4)C=C3)nc2c1. The van der Waals surface area contributed by atoms with Crippen molar-refractivity contribution in [3.8, 4) is 5.75 Å². The van der Waals surface area contributed by atoms with Gasteiger partial charge in [0.15, 0.2) is 0 Å². The van der Waals surface area contributed by atoms with Gasteiger partial charge < -0.3 is 28.9 Å². The third-order valence-corrected chi connectivity index (χ3v) is 7.10. The van der Waals surface area contributed by atoms with Crippen LogP contribution in [0.3, 0.4) is 0 Å². The van der Waals surface area contributed by atoms with E-state index in [1.54, 1.807) is 19.1 Å². The summed E-state index contributed by atoms with van der Waals surface area (Å²) in [4.78, 5) is 23.7. The molecule has 200 valence electrons. The largest absolute Gasteiger partial charge is 0.497 e. The van der Waals surface area contributed by atoms with Crippen molar-refractivity contribution in [2.75, 3.05) is 58.4 Å². The zero-order valence-electron chi connectivity index (χ0n) is 22.9. The molecule has 1 aromatic carbocycles. The predicted octanol–water partition coefficient (Wildman–Crippen LogP) is 4.61. The average molecular weight is 517 g/mol.